The third kappa shape index (κ3) is 4.03. The average molecular weight is 326 g/mol. The van der Waals surface area contributed by atoms with E-state index in [9.17, 15) is 4.79 Å². The van der Waals surface area contributed by atoms with Gasteiger partial charge in [0.15, 0.2) is 0 Å². The minimum atomic E-state index is -0.200. The first-order valence-electron chi connectivity index (χ1n) is 8.76. The Balaban J connectivity index is 1.55. The van der Waals surface area contributed by atoms with Crippen LogP contribution in [0.15, 0.2) is 36.4 Å². The smallest absolute Gasteiger partial charge is 0.217 e. The quantitative estimate of drug-likeness (QED) is 0.885. The summed E-state index contributed by atoms with van der Waals surface area (Å²) in [6, 6.07) is 13.0. The van der Waals surface area contributed by atoms with Crippen molar-refractivity contribution in [2.24, 2.45) is 5.73 Å². The van der Waals surface area contributed by atoms with Crippen molar-refractivity contribution in [1.29, 1.82) is 0 Å². The minimum Gasteiger partial charge on any atom is -0.370 e. The molecular weight excluding hydrogens is 300 g/mol. The molecule has 1 atom stereocenters. The Kier molecular flexibility index (Phi) is 5.30. The van der Waals surface area contributed by atoms with E-state index in [1.165, 1.54) is 5.39 Å². The van der Waals surface area contributed by atoms with Crippen molar-refractivity contribution >= 4 is 22.6 Å². The van der Waals surface area contributed by atoms with Crippen molar-refractivity contribution in [2.45, 2.75) is 32.2 Å². The first-order chi connectivity index (χ1) is 11.6. The van der Waals surface area contributed by atoms with Gasteiger partial charge in [-0.2, -0.15) is 0 Å². The molecule has 1 fully saturated rings. The molecule has 1 amide bonds. The average Bonchev–Trinajstić information content (AvgIpc) is 2.61. The van der Waals surface area contributed by atoms with Crippen molar-refractivity contribution in [1.82, 2.24) is 9.88 Å². The molecule has 24 heavy (non-hydrogen) atoms. The standard InChI is InChI=1S/C19H26N4O/c1-15(5-4-8-18(20)24)22-11-13-23(14-12-22)19-10-9-16-6-2-3-7-17(16)21-19/h2-3,6-7,9-10,15H,4-5,8,11-14H2,1H3,(H2,20,24). The minimum absolute atomic E-state index is 0.200. The molecule has 2 aromatic rings. The zero-order valence-electron chi connectivity index (χ0n) is 14.3. The van der Waals surface area contributed by atoms with Crippen LogP contribution in [0.3, 0.4) is 0 Å². The lowest BCUT2D eigenvalue weighted by Gasteiger charge is -2.38. The van der Waals surface area contributed by atoms with Gasteiger partial charge in [0.25, 0.3) is 0 Å². The Labute approximate surface area is 143 Å². The Morgan fingerprint density at radius 1 is 1.17 bits per heavy atom. The van der Waals surface area contributed by atoms with Crippen LogP contribution in [0.1, 0.15) is 26.2 Å². The van der Waals surface area contributed by atoms with Crippen molar-refractivity contribution in [3.05, 3.63) is 36.4 Å². The summed E-state index contributed by atoms with van der Waals surface area (Å²) in [7, 11) is 0. The third-order valence-electron chi connectivity index (χ3n) is 4.89. The monoisotopic (exact) mass is 326 g/mol. The number of anilines is 1. The van der Waals surface area contributed by atoms with Crippen LogP contribution in [0, 0.1) is 0 Å². The number of rotatable bonds is 6. The summed E-state index contributed by atoms with van der Waals surface area (Å²) in [5, 5.41) is 1.18. The van der Waals surface area contributed by atoms with Gasteiger partial charge in [-0.15, -0.1) is 0 Å². The molecule has 1 saturated heterocycles. The van der Waals surface area contributed by atoms with E-state index in [2.05, 4.69) is 41.0 Å². The molecule has 0 saturated carbocycles. The fourth-order valence-corrected chi connectivity index (χ4v) is 3.38. The van der Waals surface area contributed by atoms with Crippen LogP contribution in [0.5, 0.6) is 0 Å². The molecule has 5 heteroatoms. The van der Waals surface area contributed by atoms with Crippen molar-refractivity contribution in [2.75, 3.05) is 31.1 Å². The van der Waals surface area contributed by atoms with Gasteiger partial charge >= 0.3 is 0 Å². The Morgan fingerprint density at radius 2 is 1.92 bits per heavy atom. The highest BCUT2D eigenvalue weighted by Crippen LogP contribution is 2.20. The molecule has 1 aliphatic rings. The summed E-state index contributed by atoms with van der Waals surface area (Å²) < 4.78 is 0. The highest BCUT2D eigenvalue weighted by Gasteiger charge is 2.21. The Bertz CT molecular complexity index is 695. The van der Waals surface area contributed by atoms with Gasteiger partial charge in [-0.1, -0.05) is 18.2 Å². The van der Waals surface area contributed by atoms with Crippen LogP contribution in [-0.4, -0.2) is 48.0 Å². The molecule has 0 bridgehead atoms. The second-order valence-electron chi connectivity index (χ2n) is 6.59. The maximum absolute atomic E-state index is 10.8. The number of para-hydroxylation sites is 1. The maximum Gasteiger partial charge on any atom is 0.217 e. The molecule has 5 nitrogen and oxygen atoms in total. The topological polar surface area (TPSA) is 62.5 Å². The van der Waals surface area contributed by atoms with Crippen LogP contribution >= 0.6 is 0 Å². The number of nitrogens with two attached hydrogens (primary N) is 1. The summed E-state index contributed by atoms with van der Waals surface area (Å²) >= 11 is 0. The van der Waals surface area contributed by atoms with E-state index in [0.29, 0.717) is 12.5 Å². The fraction of sp³-hybridized carbons (Fsp3) is 0.474. The van der Waals surface area contributed by atoms with E-state index in [1.54, 1.807) is 0 Å². The number of piperazine rings is 1. The predicted molar refractivity (Wildman–Crippen MR) is 98.0 cm³/mol. The first kappa shape index (κ1) is 16.7. The molecule has 0 radical (unpaired) electrons. The second kappa shape index (κ2) is 7.62. The van der Waals surface area contributed by atoms with Gasteiger partial charge in [0.1, 0.15) is 5.82 Å². The molecule has 1 aliphatic heterocycles. The normalized spacial score (nSPS) is 17.1. The van der Waals surface area contributed by atoms with Crippen LogP contribution in [0.4, 0.5) is 5.82 Å². The van der Waals surface area contributed by atoms with Crippen molar-refractivity contribution in [3.63, 3.8) is 0 Å². The highest BCUT2D eigenvalue weighted by molar-refractivity contribution is 5.80. The predicted octanol–water partition coefficient (Wildman–Crippen LogP) is 2.40. The number of carbonyl (C=O) groups is 1. The Morgan fingerprint density at radius 3 is 2.67 bits per heavy atom. The molecule has 3 rings (SSSR count). The zero-order valence-corrected chi connectivity index (χ0v) is 14.3. The SMILES string of the molecule is CC(CCCC(N)=O)N1CCN(c2ccc3ccccc3n2)CC1. The van der Waals surface area contributed by atoms with Crippen LogP contribution < -0.4 is 10.6 Å². The van der Waals surface area contributed by atoms with Gasteiger partial charge < -0.3 is 10.6 Å². The van der Waals surface area contributed by atoms with E-state index >= 15 is 0 Å². The van der Waals surface area contributed by atoms with Crippen molar-refractivity contribution in [3.8, 4) is 0 Å². The lowest BCUT2D eigenvalue weighted by Crippen LogP contribution is -2.49. The number of hydrogen-bond donors (Lipinski definition) is 1. The summed E-state index contributed by atoms with van der Waals surface area (Å²) in [6.45, 7) is 6.29. The molecule has 0 aliphatic carbocycles. The van der Waals surface area contributed by atoms with Crippen molar-refractivity contribution < 1.29 is 4.79 Å². The van der Waals surface area contributed by atoms with Gasteiger partial charge in [-0.3, -0.25) is 9.69 Å². The number of nitrogens with zero attached hydrogens (tertiary/aromatic N) is 3. The van der Waals surface area contributed by atoms with Gasteiger partial charge in [0, 0.05) is 44.0 Å². The largest absolute Gasteiger partial charge is 0.370 e. The second-order valence-corrected chi connectivity index (χ2v) is 6.59. The van der Waals surface area contributed by atoms with Gasteiger partial charge in [0.2, 0.25) is 5.91 Å². The summed E-state index contributed by atoms with van der Waals surface area (Å²) in [6.07, 6.45) is 2.39. The summed E-state index contributed by atoms with van der Waals surface area (Å²) in [4.78, 5) is 20.5. The molecule has 128 valence electrons. The number of fused-ring (bicyclic) bond motifs is 1. The molecule has 2 N–H and O–H groups in total. The summed E-state index contributed by atoms with van der Waals surface area (Å²) in [5.41, 5.74) is 6.27. The number of primary amides is 1. The number of aromatic nitrogens is 1. The van der Waals surface area contributed by atoms with Crippen LogP contribution in [0.2, 0.25) is 0 Å². The fourth-order valence-electron chi connectivity index (χ4n) is 3.38. The van der Waals surface area contributed by atoms with E-state index in [4.69, 9.17) is 10.7 Å². The highest BCUT2D eigenvalue weighted by atomic mass is 16.1. The number of carbonyl (C=O) groups excluding carboxylic acids is 1. The first-order valence-corrected chi connectivity index (χ1v) is 8.76. The number of amides is 1. The van der Waals surface area contributed by atoms with Gasteiger partial charge in [0.05, 0.1) is 5.52 Å². The lowest BCUT2D eigenvalue weighted by atomic mass is 10.1. The van der Waals surface area contributed by atoms with Crippen LogP contribution in [-0.2, 0) is 4.79 Å². The zero-order chi connectivity index (χ0) is 16.9. The van der Waals surface area contributed by atoms with E-state index in [-0.39, 0.29) is 5.91 Å². The third-order valence-corrected chi connectivity index (χ3v) is 4.89. The maximum atomic E-state index is 10.8. The van der Waals surface area contributed by atoms with Crippen LogP contribution in [0.25, 0.3) is 10.9 Å². The molecule has 1 aromatic carbocycles. The van der Waals surface area contributed by atoms with Gasteiger partial charge in [-0.25, -0.2) is 4.98 Å². The number of benzene rings is 1. The number of hydrogen-bond acceptors (Lipinski definition) is 4. The van der Waals surface area contributed by atoms with Gasteiger partial charge in [-0.05, 0) is 38.0 Å². The lowest BCUT2D eigenvalue weighted by molar-refractivity contribution is -0.118. The molecule has 0 spiro atoms. The number of pyridine rings is 1. The van der Waals surface area contributed by atoms with E-state index < -0.39 is 0 Å². The molecular formula is C19H26N4O. The molecule has 1 unspecified atom stereocenters. The van der Waals surface area contributed by atoms with E-state index in [0.717, 1.165) is 50.4 Å². The summed E-state index contributed by atoms with van der Waals surface area (Å²) in [5.74, 6) is 0.865. The Hall–Kier alpha value is -2.14. The van der Waals surface area contributed by atoms with E-state index in [1.807, 2.05) is 12.1 Å². The molecule has 1 aromatic heterocycles. The molecule has 2 heterocycles.